The first-order valence-corrected chi connectivity index (χ1v) is 10.3. The van der Waals surface area contributed by atoms with Crippen LogP contribution in [0.15, 0.2) is 59.8 Å². The molecule has 7 heteroatoms. The van der Waals surface area contributed by atoms with Gasteiger partial charge in [-0.25, -0.2) is 14.1 Å². The van der Waals surface area contributed by atoms with Gasteiger partial charge in [-0.05, 0) is 49.6 Å². The molecule has 4 rings (SSSR count). The van der Waals surface area contributed by atoms with Gasteiger partial charge in [0.15, 0.2) is 0 Å². The second-order valence-corrected chi connectivity index (χ2v) is 7.85. The van der Waals surface area contributed by atoms with Gasteiger partial charge < -0.3 is 5.32 Å². The minimum Gasteiger partial charge on any atom is -0.349 e. The lowest BCUT2D eigenvalue weighted by molar-refractivity contribution is -0.119. The lowest BCUT2D eigenvalue weighted by atomic mass is 10.1. The molecule has 1 saturated carbocycles. The van der Waals surface area contributed by atoms with Crippen LogP contribution in [0.25, 0.3) is 5.69 Å². The van der Waals surface area contributed by atoms with Crippen LogP contribution < -0.4 is 5.32 Å². The van der Waals surface area contributed by atoms with Crippen LogP contribution in [-0.4, -0.2) is 26.4 Å². The molecule has 0 bridgehead atoms. The second-order valence-electron chi connectivity index (χ2n) is 6.90. The molecule has 1 amide bonds. The Hall–Kier alpha value is -2.67. The van der Waals surface area contributed by atoms with Crippen molar-refractivity contribution in [2.75, 3.05) is 5.75 Å². The first kappa shape index (κ1) is 18.7. The van der Waals surface area contributed by atoms with Gasteiger partial charge in [0.05, 0.1) is 17.5 Å². The molecule has 144 valence electrons. The third kappa shape index (κ3) is 4.42. The second kappa shape index (κ2) is 8.14. The summed E-state index contributed by atoms with van der Waals surface area (Å²) in [7, 11) is 0. The zero-order valence-electron chi connectivity index (χ0n) is 15.5. The molecule has 0 spiro atoms. The lowest BCUT2D eigenvalue weighted by Crippen LogP contribution is -2.28. The first-order valence-electron chi connectivity index (χ1n) is 9.30. The van der Waals surface area contributed by atoms with Crippen molar-refractivity contribution in [2.24, 2.45) is 0 Å². The number of aromatic nitrogens is 3. The summed E-state index contributed by atoms with van der Waals surface area (Å²) in [6.07, 6.45) is 2.26. The Morgan fingerprint density at radius 3 is 2.61 bits per heavy atom. The van der Waals surface area contributed by atoms with Crippen LogP contribution >= 0.6 is 11.8 Å². The van der Waals surface area contributed by atoms with E-state index in [9.17, 15) is 9.18 Å². The van der Waals surface area contributed by atoms with Crippen LogP contribution in [0, 0.1) is 5.82 Å². The highest BCUT2D eigenvalue weighted by atomic mass is 32.2. The van der Waals surface area contributed by atoms with Crippen LogP contribution in [0.3, 0.4) is 0 Å². The molecule has 1 N–H and O–H groups in total. The van der Waals surface area contributed by atoms with Crippen LogP contribution in [0.5, 0.6) is 0 Å². The Morgan fingerprint density at radius 1 is 1.21 bits per heavy atom. The average Bonchev–Trinajstić information content (AvgIpc) is 3.47. The standard InChI is InChI=1S/C21H21FN4OS/c1-14(15-9-11-17(22)12-10-15)23-19(27)13-28-21-24-20(16-7-8-16)26(25-21)18-5-3-2-4-6-18/h2-6,9-12,14,16H,7-8,13H2,1H3,(H,23,27). The molecule has 0 aliphatic heterocycles. The van der Waals surface area contributed by atoms with Crippen molar-refractivity contribution in [3.8, 4) is 5.69 Å². The third-order valence-corrected chi connectivity index (χ3v) is 5.47. The lowest BCUT2D eigenvalue weighted by Gasteiger charge is -2.13. The van der Waals surface area contributed by atoms with Crippen molar-refractivity contribution in [1.82, 2.24) is 20.1 Å². The summed E-state index contributed by atoms with van der Waals surface area (Å²) >= 11 is 1.33. The van der Waals surface area contributed by atoms with Gasteiger partial charge in [0.25, 0.3) is 0 Å². The summed E-state index contributed by atoms with van der Waals surface area (Å²) in [5.41, 5.74) is 1.85. The van der Waals surface area contributed by atoms with E-state index >= 15 is 0 Å². The van der Waals surface area contributed by atoms with Crippen LogP contribution in [0.2, 0.25) is 0 Å². The number of carbonyl (C=O) groups excluding carboxylic acids is 1. The molecule has 1 heterocycles. The maximum atomic E-state index is 13.0. The van der Waals surface area contributed by atoms with Crippen molar-refractivity contribution in [3.63, 3.8) is 0 Å². The first-order chi connectivity index (χ1) is 13.6. The van der Waals surface area contributed by atoms with Gasteiger partial charge in [-0.3, -0.25) is 4.79 Å². The fraction of sp³-hybridized carbons (Fsp3) is 0.286. The topological polar surface area (TPSA) is 59.8 Å². The third-order valence-electron chi connectivity index (χ3n) is 4.64. The Bertz CT molecular complexity index is 954. The van der Waals surface area contributed by atoms with Crippen LogP contribution in [0.4, 0.5) is 4.39 Å². The Labute approximate surface area is 167 Å². The summed E-state index contributed by atoms with van der Waals surface area (Å²) < 4.78 is 14.9. The molecule has 0 radical (unpaired) electrons. The van der Waals surface area contributed by atoms with Crippen molar-refractivity contribution in [2.45, 2.75) is 36.9 Å². The summed E-state index contributed by atoms with van der Waals surface area (Å²) in [5.74, 6) is 1.26. The molecule has 1 unspecified atom stereocenters. The maximum Gasteiger partial charge on any atom is 0.230 e. The zero-order valence-corrected chi connectivity index (χ0v) is 16.3. The van der Waals surface area contributed by atoms with E-state index in [1.54, 1.807) is 12.1 Å². The SMILES string of the molecule is CC(NC(=O)CSc1nc(C2CC2)n(-c2ccccc2)n1)c1ccc(F)cc1. The van der Waals surface area contributed by atoms with Gasteiger partial charge in [0, 0.05) is 5.92 Å². The van der Waals surface area contributed by atoms with Gasteiger partial charge in [-0.1, -0.05) is 42.1 Å². The highest BCUT2D eigenvalue weighted by molar-refractivity contribution is 7.99. The molecule has 2 aromatic carbocycles. The minimum absolute atomic E-state index is 0.106. The van der Waals surface area contributed by atoms with E-state index in [0.29, 0.717) is 11.1 Å². The fourth-order valence-electron chi connectivity index (χ4n) is 2.98. The zero-order chi connectivity index (χ0) is 19.5. The van der Waals surface area contributed by atoms with Crippen molar-refractivity contribution in [3.05, 3.63) is 71.8 Å². The Morgan fingerprint density at radius 2 is 1.93 bits per heavy atom. The van der Waals surface area contributed by atoms with Crippen molar-refractivity contribution >= 4 is 17.7 Å². The van der Waals surface area contributed by atoms with Gasteiger partial charge >= 0.3 is 0 Å². The van der Waals surface area contributed by atoms with Crippen LogP contribution in [-0.2, 0) is 4.79 Å². The van der Waals surface area contributed by atoms with Crippen molar-refractivity contribution in [1.29, 1.82) is 0 Å². The molecule has 1 aromatic heterocycles. The number of thioether (sulfide) groups is 1. The van der Waals surface area contributed by atoms with E-state index in [1.807, 2.05) is 41.9 Å². The van der Waals surface area contributed by atoms with Gasteiger partial charge in [-0.2, -0.15) is 0 Å². The number of nitrogens with zero attached hydrogens (tertiary/aromatic N) is 3. The van der Waals surface area contributed by atoms with Crippen LogP contribution in [0.1, 0.15) is 43.1 Å². The molecule has 1 aliphatic carbocycles. The number of rotatable bonds is 7. The van der Waals surface area contributed by atoms with Crippen molar-refractivity contribution < 1.29 is 9.18 Å². The smallest absolute Gasteiger partial charge is 0.230 e. The van der Waals surface area contributed by atoms with Gasteiger partial charge in [0.1, 0.15) is 11.6 Å². The van der Waals surface area contributed by atoms with E-state index in [4.69, 9.17) is 0 Å². The van der Waals surface area contributed by atoms with E-state index in [2.05, 4.69) is 15.4 Å². The molecule has 1 aliphatic rings. The van der Waals surface area contributed by atoms with E-state index in [-0.39, 0.29) is 23.5 Å². The van der Waals surface area contributed by atoms with E-state index in [1.165, 1.54) is 23.9 Å². The molecule has 5 nitrogen and oxygen atoms in total. The molecular weight excluding hydrogens is 375 g/mol. The summed E-state index contributed by atoms with van der Waals surface area (Å²) in [5, 5.41) is 8.14. The molecule has 28 heavy (non-hydrogen) atoms. The number of benzene rings is 2. The van der Waals surface area contributed by atoms with E-state index in [0.717, 1.165) is 29.9 Å². The predicted molar refractivity (Wildman–Crippen MR) is 107 cm³/mol. The predicted octanol–water partition coefficient (Wildman–Crippen LogP) is 4.25. The normalized spacial score (nSPS) is 14.6. The van der Waals surface area contributed by atoms with E-state index < -0.39 is 0 Å². The highest BCUT2D eigenvalue weighted by Gasteiger charge is 2.30. The number of nitrogens with one attached hydrogen (secondary N) is 1. The number of halogens is 1. The van der Waals surface area contributed by atoms with Gasteiger partial charge in [-0.15, -0.1) is 5.10 Å². The summed E-state index contributed by atoms with van der Waals surface area (Å²) in [4.78, 5) is 17.0. The number of amides is 1. The largest absolute Gasteiger partial charge is 0.349 e. The molecule has 1 atom stereocenters. The molecule has 0 saturated heterocycles. The number of carbonyl (C=O) groups is 1. The average molecular weight is 396 g/mol. The monoisotopic (exact) mass is 396 g/mol. The van der Waals surface area contributed by atoms with Gasteiger partial charge in [0.2, 0.25) is 11.1 Å². The number of para-hydroxylation sites is 1. The fourth-order valence-corrected chi connectivity index (χ4v) is 3.62. The highest BCUT2D eigenvalue weighted by Crippen LogP contribution is 2.40. The molecule has 3 aromatic rings. The summed E-state index contributed by atoms with van der Waals surface area (Å²) in [6.45, 7) is 1.88. The number of hydrogen-bond donors (Lipinski definition) is 1. The quantitative estimate of drug-likeness (QED) is 0.607. The molecular formula is C21H21FN4OS. The summed E-state index contributed by atoms with van der Waals surface area (Å²) in [6, 6.07) is 15.9. The maximum absolute atomic E-state index is 13.0. The minimum atomic E-state index is -0.288. The molecule has 1 fully saturated rings. The number of hydrogen-bond acceptors (Lipinski definition) is 4. The Kier molecular flexibility index (Phi) is 5.43. The Balaban J connectivity index is 1.39.